The number of anilines is 2. The van der Waals surface area contributed by atoms with Gasteiger partial charge in [-0.3, -0.25) is 14.4 Å². The van der Waals surface area contributed by atoms with Gasteiger partial charge >= 0.3 is 6.09 Å². The lowest BCUT2D eigenvalue weighted by Crippen LogP contribution is -2.35. The van der Waals surface area contributed by atoms with Crippen LogP contribution in [0.3, 0.4) is 0 Å². The Labute approximate surface area is 244 Å². The van der Waals surface area contributed by atoms with Crippen molar-refractivity contribution in [2.45, 2.75) is 46.6 Å². The van der Waals surface area contributed by atoms with Crippen molar-refractivity contribution in [3.63, 3.8) is 0 Å². The molecule has 0 aliphatic carbocycles. The van der Waals surface area contributed by atoms with Crippen molar-refractivity contribution in [2.24, 2.45) is 0 Å². The minimum atomic E-state index is -0.643. The van der Waals surface area contributed by atoms with Crippen LogP contribution in [-0.4, -0.2) is 42.0 Å². The van der Waals surface area contributed by atoms with Gasteiger partial charge in [-0.1, -0.05) is 24.3 Å². The predicted octanol–water partition coefficient (Wildman–Crippen LogP) is 6.32. The number of carbonyl (C=O) groups excluding carboxylic acids is 3. The predicted molar refractivity (Wildman–Crippen MR) is 163 cm³/mol. The third-order valence-electron chi connectivity index (χ3n) is 6.64. The van der Waals surface area contributed by atoms with Gasteiger partial charge in [0.25, 0.3) is 11.8 Å². The van der Waals surface area contributed by atoms with Crippen molar-refractivity contribution < 1.29 is 23.5 Å². The smallest absolute Gasteiger partial charge is 0.410 e. The number of nitrogens with one attached hydrogen (secondary N) is 2. The zero-order valence-corrected chi connectivity index (χ0v) is 24.7. The number of amides is 3. The molecule has 42 heavy (non-hydrogen) atoms. The first-order valence-corrected chi connectivity index (χ1v) is 13.6. The molecule has 0 atom stereocenters. The van der Waals surface area contributed by atoms with Crippen LogP contribution in [0.15, 0.2) is 75.9 Å². The highest BCUT2D eigenvalue weighted by Crippen LogP contribution is 2.24. The first-order valence-electron chi connectivity index (χ1n) is 13.6. The van der Waals surface area contributed by atoms with Gasteiger partial charge in [0.2, 0.25) is 0 Å². The number of carbonyl (C=O) groups is 3. The molecular formula is C33H35N3O6. The molecule has 0 saturated carbocycles. The van der Waals surface area contributed by atoms with E-state index in [1.165, 1.54) is 4.90 Å². The van der Waals surface area contributed by atoms with Crippen molar-refractivity contribution in [3.8, 4) is 0 Å². The summed E-state index contributed by atoms with van der Waals surface area (Å²) in [6.07, 6.45) is 0.229. The Bertz CT molecular complexity index is 1700. The van der Waals surface area contributed by atoms with E-state index >= 15 is 0 Å². The van der Waals surface area contributed by atoms with Gasteiger partial charge in [0.1, 0.15) is 11.2 Å². The number of fused-ring (bicyclic) bond motifs is 1. The monoisotopic (exact) mass is 569 g/mol. The Morgan fingerprint density at radius 2 is 1.55 bits per heavy atom. The molecular weight excluding hydrogens is 534 g/mol. The van der Waals surface area contributed by atoms with E-state index in [-0.39, 0.29) is 22.8 Å². The first-order chi connectivity index (χ1) is 19.8. The minimum absolute atomic E-state index is 0.156. The number of nitrogens with zero attached hydrogens (tertiary/aromatic N) is 1. The molecule has 1 aromatic heterocycles. The largest absolute Gasteiger partial charge is 0.451 e. The van der Waals surface area contributed by atoms with Crippen molar-refractivity contribution in [1.82, 2.24) is 4.90 Å². The second-order valence-electron chi connectivity index (χ2n) is 11.2. The highest BCUT2D eigenvalue weighted by molar-refractivity contribution is 6.12. The number of para-hydroxylation sites is 1. The molecule has 0 aliphatic heterocycles. The summed E-state index contributed by atoms with van der Waals surface area (Å²) in [4.78, 5) is 52.6. The van der Waals surface area contributed by atoms with Gasteiger partial charge in [0.05, 0.1) is 16.6 Å². The molecule has 0 fully saturated rings. The zero-order valence-electron chi connectivity index (χ0n) is 24.7. The van der Waals surface area contributed by atoms with Gasteiger partial charge in [0, 0.05) is 25.3 Å². The number of aryl methyl sites for hydroxylation is 2. The van der Waals surface area contributed by atoms with Crippen LogP contribution < -0.4 is 16.1 Å². The van der Waals surface area contributed by atoms with Gasteiger partial charge in [-0.05, 0) is 94.1 Å². The van der Waals surface area contributed by atoms with Crippen LogP contribution in [0.2, 0.25) is 0 Å². The normalized spacial score (nSPS) is 11.2. The molecule has 4 aromatic rings. The summed E-state index contributed by atoms with van der Waals surface area (Å²) in [5.41, 5.74) is 3.27. The molecule has 0 spiro atoms. The molecule has 3 aromatic carbocycles. The maximum absolute atomic E-state index is 13.3. The molecule has 0 bridgehead atoms. The maximum Gasteiger partial charge on any atom is 0.410 e. The van der Waals surface area contributed by atoms with Crippen molar-refractivity contribution in [1.29, 1.82) is 0 Å². The second-order valence-corrected chi connectivity index (χ2v) is 11.2. The van der Waals surface area contributed by atoms with Crippen LogP contribution in [0.5, 0.6) is 0 Å². The fourth-order valence-electron chi connectivity index (χ4n) is 4.19. The topological polar surface area (TPSA) is 118 Å². The van der Waals surface area contributed by atoms with Crippen molar-refractivity contribution in [3.05, 3.63) is 105 Å². The number of rotatable bonds is 7. The summed E-state index contributed by atoms with van der Waals surface area (Å²) in [6, 6.07) is 18.6. The van der Waals surface area contributed by atoms with E-state index in [4.69, 9.17) is 9.15 Å². The summed E-state index contributed by atoms with van der Waals surface area (Å²) in [5.74, 6) is -1.21. The zero-order chi connectivity index (χ0) is 30.6. The molecule has 0 unspecified atom stereocenters. The Kier molecular flexibility index (Phi) is 8.80. The molecule has 9 heteroatoms. The van der Waals surface area contributed by atoms with Gasteiger partial charge < -0.3 is 24.7 Å². The Morgan fingerprint density at radius 3 is 2.24 bits per heavy atom. The number of hydrogen-bond donors (Lipinski definition) is 2. The van der Waals surface area contributed by atoms with Gasteiger partial charge in [-0.25, -0.2) is 4.79 Å². The minimum Gasteiger partial charge on any atom is -0.451 e. The molecule has 3 amide bonds. The van der Waals surface area contributed by atoms with E-state index in [1.807, 2.05) is 46.8 Å². The number of likely N-dealkylation sites (N-methyl/N-ethyl adjacent to an activating group) is 1. The van der Waals surface area contributed by atoms with Crippen LogP contribution in [-0.2, 0) is 11.2 Å². The summed E-state index contributed by atoms with van der Waals surface area (Å²) in [5, 5.41) is 5.99. The molecule has 1 heterocycles. The highest BCUT2D eigenvalue weighted by atomic mass is 16.6. The third kappa shape index (κ3) is 7.42. The summed E-state index contributed by atoms with van der Waals surface area (Å²) < 4.78 is 11.0. The average Bonchev–Trinajstić information content (AvgIpc) is 2.93. The van der Waals surface area contributed by atoms with E-state index in [0.717, 1.165) is 22.8 Å². The lowest BCUT2D eigenvalue weighted by molar-refractivity contribution is 0.0300. The van der Waals surface area contributed by atoms with E-state index in [1.54, 1.807) is 55.6 Å². The van der Waals surface area contributed by atoms with Crippen LogP contribution in [0.4, 0.5) is 16.2 Å². The summed E-state index contributed by atoms with van der Waals surface area (Å²) >= 11 is 0. The first kappa shape index (κ1) is 30.0. The molecule has 218 valence electrons. The third-order valence-corrected chi connectivity index (χ3v) is 6.64. The Morgan fingerprint density at radius 1 is 0.881 bits per heavy atom. The Balaban J connectivity index is 1.46. The summed E-state index contributed by atoms with van der Waals surface area (Å²) in [6.45, 7) is 9.70. The number of hydrogen-bond acceptors (Lipinski definition) is 6. The van der Waals surface area contributed by atoms with E-state index in [0.29, 0.717) is 35.3 Å². The standard InChI is InChI=1S/C33H35N3O6/c1-20-17-25(26(18-21(20)2)35-31(39)29-19-27(37)24-9-7-8-10-28(24)41-29)30(38)34-23-13-11-22(12-14-23)15-16-36(6)32(40)42-33(3,4)5/h7-14,17-19H,15-16H2,1-6H3,(H,34,38)(H,35,39). The lowest BCUT2D eigenvalue weighted by atomic mass is 10.0. The van der Waals surface area contributed by atoms with Gasteiger partial charge in [-0.15, -0.1) is 0 Å². The van der Waals surface area contributed by atoms with Crippen LogP contribution in [0.25, 0.3) is 11.0 Å². The van der Waals surface area contributed by atoms with Crippen molar-refractivity contribution in [2.75, 3.05) is 24.2 Å². The lowest BCUT2D eigenvalue weighted by Gasteiger charge is -2.24. The second kappa shape index (κ2) is 12.3. The van der Waals surface area contributed by atoms with Gasteiger partial charge in [-0.2, -0.15) is 0 Å². The Hall–Kier alpha value is -4.92. The fraction of sp³-hybridized carbons (Fsp3) is 0.273. The van der Waals surface area contributed by atoms with E-state index in [2.05, 4.69) is 10.6 Å². The SMILES string of the molecule is Cc1cc(NC(=O)c2cc(=O)c3ccccc3o2)c(C(=O)Nc2ccc(CCN(C)C(=O)OC(C)(C)C)cc2)cc1C. The quantitative estimate of drug-likeness (QED) is 0.269. The van der Waals surface area contributed by atoms with Crippen LogP contribution in [0, 0.1) is 13.8 Å². The molecule has 2 N–H and O–H groups in total. The molecule has 9 nitrogen and oxygen atoms in total. The molecule has 0 saturated heterocycles. The van der Waals surface area contributed by atoms with Crippen molar-refractivity contribution >= 4 is 40.3 Å². The van der Waals surface area contributed by atoms with E-state index < -0.39 is 17.4 Å². The van der Waals surface area contributed by atoms with Crippen LogP contribution in [0.1, 0.15) is 58.4 Å². The molecule has 4 rings (SSSR count). The van der Waals surface area contributed by atoms with E-state index in [9.17, 15) is 19.2 Å². The number of benzene rings is 3. The molecule has 0 radical (unpaired) electrons. The average molecular weight is 570 g/mol. The van der Waals surface area contributed by atoms with Gasteiger partial charge in [0.15, 0.2) is 11.2 Å². The number of ether oxygens (including phenoxy) is 1. The highest BCUT2D eigenvalue weighted by Gasteiger charge is 2.20. The maximum atomic E-state index is 13.3. The van der Waals surface area contributed by atoms with Crippen LogP contribution >= 0.6 is 0 Å². The summed E-state index contributed by atoms with van der Waals surface area (Å²) in [7, 11) is 1.69. The molecule has 0 aliphatic rings. The fourth-order valence-corrected chi connectivity index (χ4v) is 4.19.